The van der Waals surface area contributed by atoms with Gasteiger partial charge in [0.25, 0.3) is 5.91 Å². The monoisotopic (exact) mass is 481 g/mol. The highest BCUT2D eigenvalue weighted by Gasteiger charge is 2.26. The summed E-state index contributed by atoms with van der Waals surface area (Å²) in [6.45, 7) is 1.58. The maximum atomic E-state index is 13.3. The number of hydrogen-bond donors (Lipinski definition) is 1. The minimum atomic E-state index is -3.92. The van der Waals surface area contributed by atoms with E-state index in [1.54, 1.807) is 36.4 Å². The summed E-state index contributed by atoms with van der Waals surface area (Å²) in [7, 11) is -0.888. The third-order valence-corrected chi connectivity index (χ3v) is 6.81. The van der Waals surface area contributed by atoms with Gasteiger partial charge in [-0.25, -0.2) is 13.8 Å². The zero-order valence-corrected chi connectivity index (χ0v) is 20.1. The Morgan fingerprint density at radius 2 is 1.68 bits per heavy atom. The van der Waals surface area contributed by atoms with Gasteiger partial charge in [-0.15, -0.1) is 0 Å². The lowest BCUT2D eigenvalue weighted by molar-refractivity contribution is -0.121. The van der Waals surface area contributed by atoms with Crippen LogP contribution in [0, 0.1) is 6.92 Å². The molecule has 0 fully saturated rings. The fourth-order valence-electron chi connectivity index (χ4n) is 3.25. The van der Waals surface area contributed by atoms with Gasteiger partial charge in [0, 0.05) is 12.1 Å². The van der Waals surface area contributed by atoms with Crippen LogP contribution in [-0.2, 0) is 21.4 Å². The number of rotatable bonds is 10. The van der Waals surface area contributed by atoms with Crippen LogP contribution in [0.1, 0.15) is 16.7 Å². The van der Waals surface area contributed by atoms with Crippen molar-refractivity contribution < 1.29 is 22.7 Å². The van der Waals surface area contributed by atoms with Gasteiger partial charge in [-0.2, -0.15) is 9.41 Å². The summed E-state index contributed by atoms with van der Waals surface area (Å²) >= 11 is 0. The number of sulfonamides is 1. The molecule has 0 radical (unpaired) electrons. The van der Waals surface area contributed by atoms with Crippen LogP contribution < -0.4 is 14.9 Å². The van der Waals surface area contributed by atoms with E-state index < -0.39 is 22.5 Å². The van der Waals surface area contributed by atoms with E-state index in [1.807, 2.05) is 31.2 Å². The number of aryl methyl sites for hydroxylation is 1. The third kappa shape index (κ3) is 6.21. The van der Waals surface area contributed by atoms with Crippen LogP contribution in [0.4, 0.5) is 0 Å². The molecular weight excluding hydrogens is 454 g/mol. The Kier molecular flexibility index (Phi) is 8.39. The molecule has 8 nitrogen and oxygen atoms in total. The van der Waals surface area contributed by atoms with E-state index in [1.165, 1.54) is 32.6 Å². The molecule has 0 heterocycles. The number of hydrogen-bond acceptors (Lipinski definition) is 6. The number of ether oxygens (including phenoxy) is 2. The topological polar surface area (TPSA) is 97.3 Å². The van der Waals surface area contributed by atoms with Crippen LogP contribution in [0.2, 0.25) is 0 Å². The quantitative estimate of drug-likeness (QED) is 0.354. The average molecular weight is 482 g/mol. The van der Waals surface area contributed by atoms with Gasteiger partial charge in [-0.05, 0) is 36.8 Å². The van der Waals surface area contributed by atoms with Crippen molar-refractivity contribution in [1.82, 2.24) is 9.73 Å². The van der Waals surface area contributed by atoms with Crippen LogP contribution in [0.25, 0.3) is 0 Å². The maximum absolute atomic E-state index is 13.3. The van der Waals surface area contributed by atoms with Crippen molar-refractivity contribution in [3.05, 3.63) is 89.5 Å². The number of carbonyl (C=O) groups is 1. The summed E-state index contributed by atoms with van der Waals surface area (Å²) in [6.07, 6.45) is 1.41. The maximum Gasteiger partial charge on any atom is 0.255 e. The van der Waals surface area contributed by atoms with Gasteiger partial charge in [0.1, 0.15) is 0 Å². The Bertz CT molecular complexity index is 1240. The molecule has 0 spiro atoms. The summed E-state index contributed by atoms with van der Waals surface area (Å²) in [6, 6.07) is 20.8. The predicted molar refractivity (Wildman–Crippen MR) is 130 cm³/mol. The van der Waals surface area contributed by atoms with Gasteiger partial charge >= 0.3 is 0 Å². The van der Waals surface area contributed by atoms with Crippen molar-refractivity contribution in [3.8, 4) is 11.5 Å². The van der Waals surface area contributed by atoms with Crippen LogP contribution in [0.5, 0.6) is 11.5 Å². The zero-order valence-electron chi connectivity index (χ0n) is 19.3. The molecule has 0 atom stereocenters. The van der Waals surface area contributed by atoms with Crippen LogP contribution in [0.3, 0.4) is 0 Å². The summed E-state index contributed by atoms with van der Waals surface area (Å²) < 4.78 is 38.3. The van der Waals surface area contributed by atoms with E-state index in [-0.39, 0.29) is 11.4 Å². The molecule has 3 rings (SSSR count). The Morgan fingerprint density at radius 1 is 0.971 bits per heavy atom. The van der Waals surface area contributed by atoms with Crippen molar-refractivity contribution in [2.75, 3.05) is 20.8 Å². The number of para-hydroxylation sites is 1. The molecule has 9 heteroatoms. The molecule has 0 aliphatic carbocycles. The first-order valence-corrected chi connectivity index (χ1v) is 11.9. The van der Waals surface area contributed by atoms with Crippen LogP contribution >= 0.6 is 0 Å². The van der Waals surface area contributed by atoms with Gasteiger partial charge in [0.05, 0.1) is 31.9 Å². The first-order chi connectivity index (χ1) is 16.3. The van der Waals surface area contributed by atoms with Crippen molar-refractivity contribution in [3.63, 3.8) is 0 Å². The van der Waals surface area contributed by atoms with E-state index in [2.05, 4.69) is 10.5 Å². The molecular formula is C25H27N3O5S. The third-order valence-electron chi connectivity index (χ3n) is 5.01. The fourth-order valence-corrected chi connectivity index (χ4v) is 4.65. The summed E-state index contributed by atoms with van der Waals surface area (Å²) in [5, 5.41) is 3.97. The second-order valence-corrected chi connectivity index (χ2v) is 9.39. The highest BCUT2D eigenvalue weighted by atomic mass is 32.2. The van der Waals surface area contributed by atoms with Gasteiger partial charge < -0.3 is 9.47 Å². The summed E-state index contributed by atoms with van der Waals surface area (Å²) in [4.78, 5) is 12.8. The predicted octanol–water partition coefficient (Wildman–Crippen LogP) is 3.35. The molecule has 1 N–H and O–H groups in total. The molecule has 0 saturated carbocycles. The lowest BCUT2D eigenvalue weighted by atomic mass is 10.1. The first kappa shape index (κ1) is 24.9. The van der Waals surface area contributed by atoms with Crippen molar-refractivity contribution in [2.24, 2.45) is 5.10 Å². The molecule has 178 valence electrons. The van der Waals surface area contributed by atoms with E-state index >= 15 is 0 Å². The molecule has 0 saturated heterocycles. The van der Waals surface area contributed by atoms with Gasteiger partial charge in [-0.3, -0.25) is 4.79 Å². The summed E-state index contributed by atoms with van der Waals surface area (Å²) in [5.74, 6) is 0.413. The largest absolute Gasteiger partial charge is 0.493 e. The molecule has 0 aliphatic rings. The number of methoxy groups -OCH3 is 2. The highest BCUT2D eigenvalue weighted by Crippen LogP contribution is 2.29. The number of benzene rings is 3. The Hall–Kier alpha value is -3.69. The molecule has 0 aromatic heterocycles. The van der Waals surface area contributed by atoms with Crippen molar-refractivity contribution >= 4 is 22.1 Å². The second kappa shape index (κ2) is 11.4. The standard InChI is InChI=1S/C25H27N3O5S/c1-19-12-14-20(15-13-19)17-28(34(30,31)22-9-5-4-6-10-22)18-24(29)27-26-16-21-8-7-11-23(32-2)25(21)33-3/h4-16H,17-18H2,1-3H3,(H,27,29)/b26-16+. The Labute approximate surface area is 199 Å². The van der Waals surface area contributed by atoms with Crippen LogP contribution in [0.15, 0.2) is 82.8 Å². The van der Waals surface area contributed by atoms with Gasteiger partial charge in [-0.1, -0.05) is 54.1 Å². The normalized spacial score (nSPS) is 11.5. The zero-order chi connectivity index (χ0) is 24.6. The van der Waals surface area contributed by atoms with E-state index in [4.69, 9.17) is 9.47 Å². The molecule has 1 amide bonds. The number of nitrogens with zero attached hydrogens (tertiary/aromatic N) is 2. The van der Waals surface area contributed by atoms with Gasteiger partial charge in [0.15, 0.2) is 11.5 Å². The minimum absolute atomic E-state index is 0.0400. The SMILES string of the molecule is COc1cccc(/C=N/NC(=O)CN(Cc2ccc(C)cc2)S(=O)(=O)c2ccccc2)c1OC. The Morgan fingerprint density at radius 3 is 2.32 bits per heavy atom. The lowest BCUT2D eigenvalue weighted by Gasteiger charge is -2.21. The van der Waals surface area contributed by atoms with Crippen molar-refractivity contribution in [2.45, 2.75) is 18.4 Å². The average Bonchev–Trinajstić information content (AvgIpc) is 2.85. The lowest BCUT2D eigenvalue weighted by Crippen LogP contribution is -2.39. The first-order valence-electron chi connectivity index (χ1n) is 10.5. The van der Waals surface area contributed by atoms with Crippen LogP contribution in [-0.4, -0.2) is 45.6 Å². The molecule has 0 unspecified atom stereocenters. The van der Waals surface area contributed by atoms with E-state index in [9.17, 15) is 13.2 Å². The molecule has 0 bridgehead atoms. The summed E-state index contributed by atoms with van der Waals surface area (Å²) in [5.41, 5.74) is 4.81. The molecule has 3 aromatic carbocycles. The fraction of sp³-hybridized carbons (Fsp3) is 0.200. The number of amides is 1. The van der Waals surface area contributed by atoms with Gasteiger partial charge in [0.2, 0.25) is 10.0 Å². The minimum Gasteiger partial charge on any atom is -0.493 e. The number of carbonyl (C=O) groups excluding carboxylic acids is 1. The highest BCUT2D eigenvalue weighted by molar-refractivity contribution is 7.89. The molecule has 34 heavy (non-hydrogen) atoms. The molecule has 3 aromatic rings. The molecule has 0 aliphatic heterocycles. The van der Waals surface area contributed by atoms with Crippen molar-refractivity contribution in [1.29, 1.82) is 0 Å². The second-order valence-electron chi connectivity index (χ2n) is 7.45. The Balaban J connectivity index is 1.79. The number of nitrogens with one attached hydrogen (secondary N) is 1. The van der Waals surface area contributed by atoms with E-state index in [0.29, 0.717) is 17.1 Å². The van der Waals surface area contributed by atoms with E-state index in [0.717, 1.165) is 15.4 Å². The number of hydrazone groups is 1. The smallest absolute Gasteiger partial charge is 0.255 e.